The SMILES string of the molecule is CC(C)CC1(C2CCOC3(CCSC3)C2)CCCN1. The molecule has 3 heterocycles. The fourth-order valence-corrected chi connectivity index (χ4v) is 5.99. The van der Waals surface area contributed by atoms with E-state index in [1.165, 1.54) is 56.6 Å². The zero-order valence-corrected chi connectivity index (χ0v) is 13.4. The zero-order valence-electron chi connectivity index (χ0n) is 12.5. The van der Waals surface area contributed by atoms with E-state index in [4.69, 9.17) is 4.74 Å². The quantitative estimate of drug-likeness (QED) is 0.857. The smallest absolute Gasteiger partial charge is 0.0783 e. The maximum atomic E-state index is 6.22. The molecule has 0 amide bonds. The summed E-state index contributed by atoms with van der Waals surface area (Å²) in [6.07, 6.45) is 7.96. The second-order valence-corrected chi connectivity index (χ2v) is 8.41. The normalized spacial score (nSPS) is 43.4. The van der Waals surface area contributed by atoms with E-state index in [0.29, 0.717) is 5.54 Å². The Kier molecular flexibility index (Phi) is 4.17. The van der Waals surface area contributed by atoms with E-state index in [1.54, 1.807) is 0 Å². The molecule has 3 fully saturated rings. The first-order valence-corrected chi connectivity index (χ1v) is 9.26. The molecule has 0 aromatic rings. The largest absolute Gasteiger partial charge is 0.374 e. The summed E-state index contributed by atoms with van der Waals surface area (Å²) in [6.45, 7) is 6.98. The molecule has 0 saturated carbocycles. The van der Waals surface area contributed by atoms with Crippen molar-refractivity contribution in [2.75, 3.05) is 24.7 Å². The zero-order chi connectivity index (χ0) is 13.3. The van der Waals surface area contributed by atoms with E-state index in [-0.39, 0.29) is 5.60 Å². The molecule has 3 saturated heterocycles. The van der Waals surface area contributed by atoms with Gasteiger partial charge < -0.3 is 10.1 Å². The minimum absolute atomic E-state index is 0.238. The fourth-order valence-electron chi connectivity index (χ4n) is 4.61. The van der Waals surface area contributed by atoms with Crippen LogP contribution in [0.15, 0.2) is 0 Å². The van der Waals surface area contributed by atoms with Crippen molar-refractivity contribution in [2.45, 2.75) is 63.5 Å². The summed E-state index contributed by atoms with van der Waals surface area (Å²) in [4.78, 5) is 0. The minimum Gasteiger partial charge on any atom is -0.374 e. The highest BCUT2D eigenvalue weighted by atomic mass is 32.2. The predicted octanol–water partition coefficient (Wildman–Crippen LogP) is 3.46. The van der Waals surface area contributed by atoms with E-state index >= 15 is 0 Å². The van der Waals surface area contributed by atoms with Crippen LogP contribution in [-0.2, 0) is 4.74 Å². The number of ether oxygens (including phenoxy) is 1. The summed E-state index contributed by atoms with van der Waals surface area (Å²) < 4.78 is 6.22. The lowest BCUT2D eigenvalue weighted by atomic mass is 9.69. The number of rotatable bonds is 3. The van der Waals surface area contributed by atoms with E-state index in [0.717, 1.165) is 18.4 Å². The first-order valence-electron chi connectivity index (χ1n) is 8.11. The van der Waals surface area contributed by atoms with Crippen molar-refractivity contribution in [3.8, 4) is 0 Å². The van der Waals surface area contributed by atoms with Crippen molar-refractivity contribution in [3.05, 3.63) is 0 Å². The van der Waals surface area contributed by atoms with Gasteiger partial charge in [0.25, 0.3) is 0 Å². The molecule has 3 unspecified atom stereocenters. The predicted molar refractivity (Wildman–Crippen MR) is 82.8 cm³/mol. The molecule has 3 aliphatic rings. The van der Waals surface area contributed by atoms with Crippen LogP contribution < -0.4 is 5.32 Å². The Morgan fingerprint density at radius 2 is 2.26 bits per heavy atom. The molecule has 19 heavy (non-hydrogen) atoms. The van der Waals surface area contributed by atoms with Crippen molar-refractivity contribution in [1.29, 1.82) is 0 Å². The van der Waals surface area contributed by atoms with Gasteiger partial charge in [0.15, 0.2) is 0 Å². The third-order valence-corrected chi connectivity index (χ3v) is 6.61. The van der Waals surface area contributed by atoms with E-state index in [1.807, 2.05) is 0 Å². The van der Waals surface area contributed by atoms with Crippen molar-refractivity contribution >= 4 is 11.8 Å². The lowest BCUT2D eigenvalue weighted by Gasteiger charge is -2.47. The van der Waals surface area contributed by atoms with E-state index < -0.39 is 0 Å². The average molecular weight is 283 g/mol. The minimum atomic E-state index is 0.238. The molecule has 0 aromatic heterocycles. The summed E-state index contributed by atoms with van der Waals surface area (Å²) in [5.74, 6) is 4.17. The summed E-state index contributed by atoms with van der Waals surface area (Å²) in [7, 11) is 0. The van der Waals surface area contributed by atoms with Gasteiger partial charge in [-0.1, -0.05) is 13.8 Å². The highest BCUT2D eigenvalue weighted by Gasteiger charge is 2.48. The lowest BCUT2D eigenvalue weighted by Crippen LogP contribution is -2.54. The number of hydrogen-bond donors (Lipinski definition) is 1. The van der Waals surface area contributed by atoms with Crippen molar-refractivity contribution in [1.82, 2.24) is 5.32 Å². The first kappa shape index (κ1) is 14.2. The standard InChI is InChI=1S/C16H29NOS/c1-13(2)10-16(5-3-7-17-16)14-4-8-18-15(11-14)6-9-19-12-15/h13-14,17H,3-12H2,1-2H3. The van der Waals surface area contributed by atoms with Crippen LogP contribution in [0.5, 0.6) is 0 Å². The van der Waals surface area contributed by atoms with Crippen LogP contribution in [0.2, 0.25) is 0 Å². The molecule has 0 aliphatic carbocycles. The third kappa shape index (κ3) is 2.84. The molecule has 3 aliphatic heterocycles. The van der Waals surface area contributed by atoms with Crippen LogP contribution in [0.1, 0.15) is 52.4 Å². The summed E-state index contributed by atoms with van der Waals surface area (Å²) in [6, 6.07) is 0. The Labute approximate surface area is 122 Å². The Balaban J connectivity index is 1.74. The van der Waals surface area contributed by atoms with Crippen LogP contribution in [-0.4, -0.2) is 35.8 Å². The van der Waals surface area contributed by atoms with E-state index in [2.05, 4.69) is 30.9 Å². The number of thioether (sulfide) groups is 1. The van der Waals surface area contributed by atoms with Gasteiger partial charge in [0, 0.05) is 17.9 Å². The average Bonchev–Trinajstić information content (AvgIpc) is 3.00. The van der Waals surface area contributed by atoms with Crippen molar-refractivity contribution in [3.63, 3.8) is 0 Å². The maximum absolute atomic E-state index is 6.22. The molecule has 110 valence electrons. The monoisotopic (exact) mass is 283 g/mol. The number of nitrogens with one attached hydrogen (secondary N) is 1. The third-order valence-electron chi connectivity index (χ3n) is 5.39. The first-order chi connectivity index (χ1) is 9.14. The van der Waals surface area contributed by atoms with Crippen molar-refractivity contribution in [2.24, 2.45) is 11.8 Å². The van der Waals surface area contributed by atoms with Gasteiger partial charge in [-0.25, -0.2) is 0 Å². The summed E-state index contributed by atoms with van der Waals surface area (Å²) in [5, 5.41) is 3.92. The van der Waals surface area contributed by atoms with Crippen LogP contribution in [0.4, 0.5) is 0 Å². The van der Waals surface area contributed by atoms with Crippen LogP contribution in [0.25, 0.3) is 0 Å². The molecular formula is C16H29NOS. The van der Waals surface area contributed by atoms with Gasteiger partial charge in [0.2, 0.25) is 0 Å². The molecule has 3 heteroatoms. The molecular weight excluding hydrogens is 254 g/mol. The van der Waals surface area contributed by atoms with Crippen LogP contribution in [0, 0.1) is 11.8 Å². The second-order valence-electron chi connectivity index (χ2n) is 7.31. The molecule has 0 bridgehead atoms. The lowest BCUT2D eigenvalue weighted by molar-refractivity contribution is -0.0964. The molecule has 1 spiro atoms. The molecule has 3 rings (SSSR count). The van der Waals surface area contributed by atoms with Gasteiger partial charge in [-0.2, -0.15) is 11.8 Å². The summed E-state index contributed by atoms with van der Waals surface area (Å²) in [5.41, 5.74) is 0.667. The highest BCUT2D eigenvalue weighted by Crippen LogP contribution is 2.47. The topological polar surface area (TPSA) is 21.3 Å². The Hall–Kier alpha value is 0.270. The molecule has 3 atom stereocenters. The van der Waals surface area contributed by atoms with Crippen LogP contribution >= 0.6 is 11.8 Å². The van der Waals surface area contributed by atoms with E-state index in [9.17, 15) is 0 Å². The maximum Gasteiger partial charge on any atom is 0.0783 e. The van der Waals surface area contributed by atoms with Crippen molar-refractivity contribution < 1.29 is 4.74 Å². The summed E-state index contributed by atoms with van der Waals surface area (Å²) >= 11 is 2.09. The molecule has 1 N–H and O–H groups in total. The Morgan fingerprint density at radius 3 is 2.89 bits per heavy atom. The molecule has 0 radical (unpaired) electrons. The van der Waals surface area contributed by atoms with Gasteiger partial charge in [0.1, 0.15) is 0 Å². The van der Waals surface area contributed by atoms with Gasteiger partial charge in [-0.05, 0) is 62.7 Å². The van der Waals surface area contributed by atoms with Gasteiger partial charge in [0.05, 0.1) is 5.60 Å². The number of hydrogen-bond acceptors (Lipinski definition) is 3. The van der Waals surface area contributed by atoms with Gasteiger partial charge >= 0.3 is 0 Å². The molecule has 2 nitrogen and oxygen atoms in total. The van der Waals surface area contributed by atoms with Gasteiger partial charge in [-0.3, -0.25) is 0 Å². The fraction of sp³-hybridized carbons (Fsp3) is 1.00. The highest BCUT2D eigenvalue weighted by molar-refractivity contribution is 7.99. The second kappa shape index (κ2) is 5.57. The Bertz CT molecular complexity index is 306. The Morgan fingerprint density at radius 1 is 1.37 bits per heavy atom. The van der Waals surface area contributed by atoms with Crippen LogP contribution in [0.3, 0.4) is 0 Å². The van der Waals surface area contributed by atoms with Gasteiger partial charge in [-0.15, -0.1) is 0 Å². The molecule has 0 aromatic carbocycles.